The maximum absolute atomic E-state index is 11.6. The van der Waals surface area contributed by atoms with Crippen LogP contribution >= 0.6 is 0 Å². The molecule has 1 atom stereocenters. The number of nitrogens with one attached hydrogen (secondary N) is 2. The van der Waals surface area contributed by atoms with Crippen molar-refractivity contribution in [3.05, 3.63) is 35.9 Å². The van der Waals surface area contributed by atoms with Gasteiger partial charge in [0.15, 0.2) is 0 Å². The predicted octanol–water partition coefficient (Wildman–Crippen LogP) is 1.42. The van der Waals surface area contributed by atoms with Gasteiger partial charge in [0.2, 0.25) is 0 Å². The topological polar surface area (TPSA) is 70.6 Å². The smallest absolute Gasteiger partial charge is 0.407 e. The second kappa shape index (κ2) is 7.26. The van der Waals surface area contributed by atoms with Crippen molar-refractivity contribution >= 4 is 6.09 Å². The molecule has 0 unspecified atom stereocenters. The fraction of sp³-hybridized carbons (Fsp3) is 0.533. The molecule has 1 amide bonds. The van der Waals surface area contributed by atoms with Gasteiger partial charge in [-0.1, -0.05) is 30.3 Å². The van der Waals surface area contributed by atoms with E-state index in [1.54, 1.807) is 0 Å². The molecule has 1 saturated heterocycles. The first-order valence-corrected chi connectivity index (χ1v) is 7.06. The maximum Gasteiger partial charge on any atom is 0.407 e. The van der Waals surface area contributed by atoms with Crippen LogP contribution in [0.3, 0.4) is 0 Å². The Balaban J connectivity index is 1.71. The molecule has 0 aromatic heterocycles. The number of amides is 1. The zero-order valence-electron chi connectivity index (χ0n) is 11.6. The molecular weight excluding hydrogens is 256 g/mol. The number of hydrogen-bond acceptors (Lipinski definition) is 4. The molecule has 2 rings (SSSR count). The molecule has 1 heterocycles. The van der Waals surface area contributed by atoms with Crippen molar-refractivity contribution in [3.8, 4) is 0 Å². The summed E-state index contributed by atoms with van der Waals surface area (Å²) in [7, 11) is 0. The molecule has 110 valence electrons. The number of ether oxygens (including phenoxy) is 1. The molecule has 1 aliphatic heterocycles. The molecule has 0 bridgehead atoms. The van der Waals surface area contributed by atoms with Crippen LogP contribution in [0, 0.1) is 0 Å². The summed E-state index contributed by atoms with van der Waals surface area (Å²) in [5, 5.41) is 16.2. The average Bonchev–Trinajstić information content (AvgIpc) is 2.69. The third-order valence-corrected chi connectivity index (χ3v) is 3.47. The highest BCUT2D eigenvalue weighted by atomic mass is 16.5. The monoisotopic (exact) mass is 278 g/mol. The number of carbonyl (C=O) groups is 1. The van der Waals surface area contributed by atoms with E-state index in [-0.39, 0.29) is 13.2 Å². The van der Waals surface area contributed by atoms with Gasteiger partial charge in [-0.15, -0.1) is 0 Å². The quantitative estimate of drug-likeness (QED) is 0.779. The number of carbonyl (C=O) groups excluding carboxylic acids is 1. The van der Waals surface area contributed by atoms with E-state index in [9.17, 15) is 9.90 Å². The minimum Gasteiger partial charge on any atom is -0.445 e. The van der Waals surface area contributed by atoms with Crippen LogP contribution in [0.5, 0.6) is 0 Å². The van der Waals surface area contributed by atoms with Crippen LogP contribution in [0.2, 0.25) is 0 Å². The largest absolute Gasteiger partial charge is 0.445 e. The van der Waals surface area contributed by atoms with E-state index >= 15 is 0 Å². The summed E-state index contributed by atoms with van der Waals surface area (Å²) < 4.78 is 5.11. The Bertz CT molecular complexity index is 414. The molecule has 0 radical (unpaired) electrons. The molecule has 5 heteroatoms. The predicted molar refractivity (Wildman–Crippen MR) is 76.3 cm³/mol. The Labute approximate surface area is 119 Å². The standard InChI is InChI=1S/C15H22N2O3/c18-14(20-10-13-6-2-1-3-7-13)17-12-15(19)8-4-5-9-16-11-15/h1-3,6-7,16,19H,4-5,8-12H2,(H,17,18)/t15-/m1/s1. The van der Waals surface area contributed by atoms with Crippen LogP contribution < -0.4 is 10.6 Å². The van der Waals surface area contributed by atoms with E-state index < -0.39 is 11.7 Å². The lowest BCUT2D eigenvalue weighted by atomic mass is 9.98. The summed E-state index contributed by atoms with van der Waals surface area (Å²) in [5.74, 6) is 0. The van der Waals surface area contributed by atoms with E-state index in [2.05, 4.69) is 10.6 Å². The first-order valence-electron chi connectivity index (χ1n) is 7.06. The third kappa shape index (κ3) is 4.83. The Morgan fingerprint density at radius 2 is 2.15 bits per heavy atom. The van der Waals surface area contributed by atoms with Crippen molar-refractivity contribution in [3.63, 3.8) is 0 Å². The van der Waals surface area contributed by atoms with Crippen LogP contribution in [0.1, 0.15) is 24.8 Å². The highest BCUT2D eigenvalue weighted by Crippen LogP contribution is 2.15. The Morgan fingerprint density at radius 1 is 1.35 bits per heavy atom. The van der Waals surface area contributed by atoms with Crippen LogP contribution in [-0.2, 0) is 11.3 Å². The van der Waals surface area contributed by atoms with Crippen LogP contribution in [0.25, 0.3) is 0 Å². The van der Waals surface area contributed by atoms with Gasteiger partial charge in [0.1, 0.15) is 6.61 Å². The summed E-state index contributed by atoms with van der Waals surface area (Å²) in [6, 6.07) is 9.51. The van der Waals surface area contributed by atoms with Gasteiger partial charge in [0.05, 0.1) is 12.1 Å². The second-order valence-corrected chi connectivity index (χ2v) is 5.27. The molecule has 1 aliphatic rings. The fourth-order valence-corrected chi connectivity index (χ4v) is 2.28. The number of hydrogen-bond donors (Lipinski definition) is 3. The fourth-order valence-electron chi connectivity index (χ4n) is 2.28. The van der Waals surface area contributed by atoms with Gasteiger partial charge >= 0.3 is 6.09 Å². The van der Waals surface area contributed by atoms with Crippen molar-refractivity contribution in [2.45, 2.75) is 31.5 Å². The number of benzene rings is 1. The van der Waals surface area contributed by atoms with Crippen molar-refractivity contribution < 1.29 is 14.6 Å². The Kier molecular flexibility index (Phi) is 5.38. The van der Waals surface area contributed by atoms with E-state index in [0.29, 0.717) is 13.0 Å². The molecule has 3 N–H and O–H groups in total. The number of aliphatic hydroxyl groups is 1. The lowest BCUT2D eigenvalue weighted by Crippen LogP contribution is -2.48. The van der Waals surface area contributed by atoms with Gasteiger partial charge in [-0.3, -0.25) is 0 Å². The van der Waals surface area contributed by atoms with Crippen LogP contribution in [0.4, 0.5) is 4.79 Å². The van der Waals surface area contributed by atoms with Gasteiger partial charge in [-0.05, 0) is 31.4 Å². The molecule has 1 fully saturated rings. The van der Waals surface area contributed by atoms with Gasteiger partial charge in [-0.25, -0.2) is 4.79 Å². The third-order valence-electron chi connectivity index (χ3n) is 3.47. The summed E-state index contributed by atoms with van der Waals surface area (Å²) in [6.45, 7) is 1.88. The SMILES string of the molecule is O=C(NC[C@@]1(O)CCCCNC1)OCc1ccccc1. The molecule has 20 heavy (non-hydrogen) atoms. The molecule has 0 spiro atoms. The van der Waals surface area contributed by atoms with Gasteiger partial charge in [0, 0.05) is 6.54 Å². The maximum atomic E-state index is 11.6. The summed E-state index contributed by atoms with van der Waals surface area (Å²) >= 11 is 0. The summed E-state index contributed by atoms with van der Waals surface area (Å²) in [6.07, 6.45) is 2.22. The van der Waals surface area contributed by atoms with Crippen molar-refractivity contribution in [1.29, 1.82) is 0 Å². The Morgan fingerprint density at radius 3 is 2.95 bits per heavy atom. The molecule has 5 nitrogen and oxygen atoms in total. The highest BCUT2D eigenvalue weighted by molar-refractivity contribution is 5.67. The van der Waals surface area contributed by atoms with Crippen molar-refractivity contribution in [2.24, 2.45) is 0 Å². The lowest BCUT2D eigenvalue weighted by molar-refractivity contribution is 0.0343. The van der Waals surface area contributed by atoms with Crippen molar-refractivity contribution in [1.82, 2.24) is 10.6 Å². The molecule has 0 aliphatic carbocycles. The molecule has 1 aromatic rings. The molecule has 1 aromatic carbocycles. The van der Waals surface area contributed by atoms with E-state index in [1.165, 1.54) is 0 Å². The summed E-state index contributed by atoms with van der Waals surface area (Å²) in [5.41, 5.74) is 0.0694. The first kappa shape index (κ1) is 14.8. The number of alkyl carbamates (subject to hydrolysis) is 1. The van der Waals surface area contributed by atoms with E-state index in [4.69, 9.17) is 4.74 Å². The zero-order valence-corrected chi connectivity index (χ0v) is 11.6. The summed E-state index contributed by atoms with van der Waals surface area (Å²) in [4.78, 5) is 11.6. The number of β-amino-alcohol motifs (C(OH)–C–C–N with tert-alkyl or cyclic N) is 1. The van der Waals surface area contributed by atoms with E-state index in [1.807, 2.05) is 30.3 Å². The van der Waals surface area contributed by atoms with Gasteiger partial charge in [-0.2, -0.15) is 0 Å². The number of rotatable bonds is 4. The minimum absolute atomic E-state index is 0.216. The molecular formula is C15H22N2O3. The normalized spacial score (nSPS) is 22.9. The van der Waals surface area contributed by atoms with Crippen LogP contribution in [0.15, 0.2) is 30.3 Å². The highest BCUT2D eigenvalue weighted by Gasteiger charge is 2.28. The lowest BCUT2D eigenvalue weighted by Gasteiger charge is -2.26. The first-order chi connectivity index (χ1) is 9.68. The van der Waals surface area contributed by atoms with Gasteiger partial charge in [0.25, 0.3) is 0 Å². The second-order valence-electron chi connectivity index (χ2n) is 5.27. The van der Waals surface area contributed by atoms with E-state index in [0.717, 1.165) is 24.9 Å². The van der Waals surface area contributed by atoms with Gasteiger partial charge < -0.3 is 20.5 Å². The Hall–Kier alpha value is -1.59. The van der Waals surface area contributed by atoms with Crippen molar-refractivity contribution in [2.75, 3.05) is 19.6 Å². The zero-order chi connectivity index (χ0) is 14.3. The average molecular weight is 278 g/mol. The van der Waals surface area contributed by atoms with Crippen LogP contribution in [-0.4, -0.2) is 36.4 Å². The molecule has 0 saturated carbocycles. The minimum atomic E-state index is -0.873.